The molecule has 0 atom stereocenters. The highest BCUT2D eigenvalue weighted by atomic mass is 35.5. The standard InChI is InChI=1S/C18H13ClFNO3/c1-23-18-10-12(3-7-17(18)24-9-8-21)2-6-16(22)13-4-5-15(20)14(19)11-13/h2-7,10-11H,9H2,1H3/b6-2+. The van der Waals surface area contributed by atoms with Crippen molar-refractivity contribution in [3.05, 3.63) is 64.4 Å². The van der Waals surface area contributed by atoms with Crippen molar-refractivity contribution >= 4 is 23.5 Å². The Morgan fingerprint density at radius 2 is 2.08 bits per heavy atom. The molecular weight excluding hydrogens is 333 g/mol. The van der Waals surface area contributed by atoms with Crippen molar-refractivity contribution in [2.24, 2.45) is 0 Å². The number of allylic oxidation sites excluding steroid dienone is 1. The van der Waals surface area contributed by atoms with Gasteiger partial charge in [0.1, 0.15) is 11.9 Å². The lowest BCUT2D eigenvalue weighted by atomic mass is 10.1. The minimum atomic E-state index is -0.574. The average Bonchev–Trinajstić information content (AvgIpc) is 2.60. The monoisotopic (exact) mass is 345 g/mol. The number of benzene rings is 2. The summed E-state index contributed by atoms with van der Waals surface area (Å²) in [6.07, 6.45) is 2.95. The van der Waals surface area contributed by atoms with Crippen molar-refractivity contribution in [1.82, 2.24) is 0 Å². The Hall–Kier alpha value is -2.84. The maximum absolute atomic E-state index is 13.1. The zero-order valence-corrected chi connectivity index (χ0v) is 13.5. The first-order valence-electron chi connectivity index (χ1n) is 6.90. The molecule has 0 aromatic heterocycles. The van der Waals surface area contributed by atoms with E-state index in [-0.39, 0.29) is 17.4 Å². The van der Waals surface area contributed by atoms with Crippen LogP contribution in [0.3, 0.4) is 0 Å². The van der Waals surface area contributed by atoms with Crippen LogP contribution in [0.25, 0.3) is 6.08 Å². The van der Waals surface area contributed by atoms with Gasteiger partial charge in [-0.05, 0) is 42.0 Å². The minimum absolute atomic E-state index is 0.0879. The fourth-order valence-electron chi connectivity index (χ4n) is 1.93. The van der Waals surface area contributed by atoms with Crippen LogP contribution in [0, 0.1) is 17.1 Å². The fourth-order valence-corrected chi connectivity index (χ4v) is 2.12. The molecule has 0 aliphatic heterocycles. The third kappa shape index (κ3) is 4.34. The molecule has 0 saturated carbocycles. The van der Waals surface area contributed by atoms with E-state index in [9.17, 15) is 9.18 Å². The molecule has 122 valence electrons. The molecule has 0 N–H and O–H groups in total. The van der Waals surface area contributed by atoms with Crippen LogP contribution in [0.1, 0.15) is 15.9 Å². The van der Waals surface area contributed by atoms with Crippen molar-refractivity contribution in [2.45, 2.75) is 0 Å². The zero-order valence-electron chi connectivity index (χ0n) is 12.8. The number of halogens is 2. The number of carbonyl (C=O) groups is 1. The molecule has 0 fully saturated rings. The van der Waals surface area contributed by atoms with Crippen LogP contribution in [0.4, 0.5) is 4.39 Å². The lowest BCUT2D eigenvalue weighted by Gasteiger charge is -2.08. The highest BCUT2D eigenvalue weighted by molar-refractivity contribution is 6.31. The Balaban J connectivity index is 2.17. The summed E-state index contributed by atoms with van der Waals surface area (Å²) in [7, 11) is 1.48. The number of hydrogen-bond acceptors (Lipinski definition) is 4. The molecule has 24 heavy (non-hydrogen) atoms. The molecule has 2 rings (SSSR count). The molecule has 0 saturated heterocycles. The second kappa shape index (κ2) is 8.14. The molecule has 0 spiro atoms. The average molecular weight is 346 g/mol. The Morgan fingerprint density at radius 1 is 1.29 bits per heavy atom. The minimum Gasteiger partial charge on any atom is -0.493 e. The third-order valence-corrected chi connectivity index (χ3v) is 3.40. The van der Waals surface area contributed by atoms with Gasteiger partial charge in [-0.25, -0.2) is 4.39 Å². The van der Waals surface area contributed by atoms with Crippen LogP contribution in [-0.4, -0.2) is 19.5 Å². The molecule has 0 unspecified atom stereocenters. The highest BCUT2D eigenvalue weighted by Gasteiger charge is 2.07. The van der Waals surface area contributed by atoms with Crippen molar-refractivity contribution < 1.29 is 18.7 Å². The molecule has 6 heteroatoms. The number of nitrogens with zero attached hydrogens (tertiary/aromatic N) is 1. The van der Waals surface area contributed by atoms with Crippen molar-refractivity contribution in [3.8, 4) is 17.6 Å². The summed E-state index contributed by atoms with van der Waals surface area (Å²) in [5, 5.41) is 8.44. The van der Waals surface area contributed by atoms with Gasteiger partial charge in [-0.3, -0.25) is 4.79 Å². The van der Waals surface area contributed by atoms with E-state index < -0.39 is 5.82 Å². The number of rotatable bonds is 6. The van der Waals surface area contributed by atoms with Gasteiger partial charge in [0.25, 0.3) is 0 Å². The normalized spacial score (nSPS) is 10.4. The van der Waals surface area contributed by atoms with Crippen LogP contribution in [0.5, 0.6) is 11.5 Å². The molecule has 2 aromatic carbocycles. The highest BCUT2D eigenvalue weighted by Crippen LogP contribution is 2.28. The summed E-state index contributed by atoms with van der Waals surface area (Å²) in [6, 6.07) is 10.7. The van der Waals surface area contributed by atoms with Gasteiger partial charge < -0.3 is 9.47 Å². The maximum atomic E-state index is 13.1. The predicted octanol–water partition coefficient (Wildman–Crippen LogP) is 4.29. The quantitative estimate of drug-likeness (QED) is 0.579. The van der Waals surface area contributed by atoms with E-state index in [4.69, 9.17) is 26.3 Å². The molecule has 0 bridgehead atoms. The summed E-state index contributed by atoms with van der Waals surface area (Å²) in [6.45, 7) is -0.0879. The van der Waals surface area contributed by atoms with Crippen LogP contribution in [0.15, 0.2) is 42.5 Å². The second-order valence-corrected chi connectivity index (χ2v) is 5.09. The zero-order chi connectivity index (χ0) is 17.5. The van der Waals surface area contributed by atoms with E-state index >= 15 is 0 Å². The maximum Gasteiger partial charge on any atom is 0.185 e. The van der Waals surface area contributed by atoms with Crippen molar-refractivity contribution in [2.75, 3.05) is 13.7 Å². The number of carbonyl (C=O) groups excluding carboxylic acids is 1. The van der Waals surface area contributed by atoms with Crippen LogP contribution < -0.4 is 9.47 Å². The first kappa shape index (κ1) is 17.5. The Morgan fingerprint density at radius 3 is 2.75 bits per heavy atom. The van der Waals surface area contributed by atoms with Crippen LogP contribution in [0.2, 0.25) is 5.02 Å². The number of hydrogen-bond donors (Lipinski definition) is 0. The molecule has 0 radical (unpaired) electrons. The topological polar surface area (TPSA) is 59.3 Å². The predicted molar refractivity (Wildman–Crippen MR) is 88.9 cm³/mol. The molecule has 4 nitrogen and oxygen atoms in total. The smallest absolute Gasteiger partial charge is 0.185 e. The molecular formula is C18H13ClFNO3. The summed E-state index contributed by atoms with van der Waals surface area (Å²) in [5.74, 6) is 0.00748. The summed E-state index contributed by atoms with van der Waals surface area (Å²) < 4.78 is 23.5. The number of ether oxygens (including phenoxy) is 2. The van der Waals surface area contributed by atoms with Gasteiger partial charge in [0.2, 0.25) is 0 Å². The molecule has 0 aliphatic rings. The second-order valence-electron chi connectivity index (χ2n) is 4.68. The molecule has 0 heterocycles. The van der Waals surface area contributed by atoms with Gasteiger partial charge in [0.15, 0.2) is 23.9 Å². The number of methoxy groups -OCH3 is 1. The Bertz CT molecular complexity index is 827. The first-order valence-corrected chi connectivity index (χ1v) is 7.28. The Labute approximate surface area is 143 Å². The Kier molecular flexibility index (Phi) is 5.94. The molecule has 0 aliphatic carbocycles. The summed E-state index contributed by atoms with van der Waals surface area (Å²) in [4.78, 5) is 12.1. The van der Waals surface area contributed by atoms with E-state index in [1.807, 2.05) is 6.07 Å². The van der Waals surface area contributed by atoms with Gasteiger partial charge in [-0.15, -0.1) is 0 Å². The SMILES string of the molecule is COc1cc(/C=C/C(=O)c2ccc(F)c(Cl)c2)ccc1OCC#N. The molecule has 0 amide bonds. The third-order valence-electron chi connectivity index (χ3n) is 3.11. The van der Waals surface area contributed by atoms with E-state index in [0.29, 0.717) is 22.6 Å². The van der Waals surface area contributed by atoms with Gasteiger partial charge in [0.05, 0.1) is 12.1 Å². The lowest BCUT2D eigenvalue weighted by Crippen LogP contribution is -1.97. The molecule has 2 aromatic rings. The van der Waals surface area contributed by atoms with Crippen molar-refractivity contribution in [1.29, 1.82) is 5.26 Å². The van der Waals surface area contributed by atoms with Gasteiger partial charge >= 0.3 is 0 Å². The number of ketones is 1. The fraction of sp³-hybridized carbons (Fsp3) is 0.111. The number of nitriles is 1. The van der Waals surface area contributed by atoms with Crippen LogP contribution >= 0.6 is 11.6 Å². The summed E-state index contributed by atoms with van der Waals surface area (Å²) >= 11 is 5.67. The van der Waals surface area contributed by atoms with Crippen molar-refractivity contribution in [3.63, 3.8) is 0 Å². The van der Waals surface area contributed by atoms with Crippen LogP contribution in [-0.2, 0) is 0 Å². The van der Waals surface area contributed by atoms with Gasteiger partial charge in [-0.1, -0.05) is 23.7 Å². The van der Waals surface area contributed by atoms with E-state index in [1.54, 1.807) is 24.3 Å². The largest absolute Gasteiger partial charge is 0.493 e. The first-order chi connectivity index (χ1) is 11.5. The van der Waals surface area contributed by atoms with Gasteiger partial charge in [0, 0.05) is 5.56 Å². The van der Waals surface area contributed by atoms with E-state index in [2.05, 4.69) is 0 Å². The van der Waals surface area contributed by atoms with Gasteiger partial charge in [-0.2, -0.15) is 5.26 Å². The van der Waals surface area contributed by atoms with E-state index in [1.165, 1.54) is 25.3 Å². The lowest BCUT2D eigenvalue weighted by molar-refractivity contribution is 0.104. The van der Waals surface area contributed by atoms with E-state index in [0.717, 1.165) is 6.07 Å². The summed E-state index contributed by atoms with van der Waals surface area (Å²) in [5.41, 5.74) is 0.997.